The van der Waals surface area contributed by atoms with Crippen LogP contribution in [-0.2, 0) is 11.2 Å². The van der Waals surface area contributed by atoms with E-state index in [-0.39, 0.29) is 5.91 Å². The molecule has 0 aliphatic rings. The maximum atomic E-state index is 12.0. The summed E-state index contributed by atoms with van der Waals surface area (Å²) >= 11 is 0. The minimum absolute atomic E-state index is 0.000691. The zero-order valence-corrected chi connectivity index (χ0v) is 13.7. The Kier molecular flexibility index (Phi) is 4.74. The van der Waals surface area contributed by atoms with Gasteiger partial charge in [0.15, 0.2) is 5.76 Å². The average molecular weight is 325 g/mol. The van der Waals surface area contributed by atoms with Gasteiger partial charge in [-0.25, -0.2) is 0 Å². The first-order valence-corrected chi connectivity index (χ1v) is 7.86. The van der Waals surface area contributed by atoms with Gasteiger partial charge in [0.1, 0.15) is 0 Å². The Morgan fingerprint density at radius 2 is 2.04 bits per heavy atom. The molecule has 3 aromatic rings. The van der Waals surface area contributed by atoms with Gasteiger partial charge in [0.2, 0.25) is 17.6 Å². The summed E-state index contributed by atoms with van der Waals surface area (Å²) in [6.07, 6.45) is 2.48. The van der Waals surface area contributed by atoms with Crippen molar-refractivity contribution < 1.29 is 13.7 Å². The minimum atomic E-state index is -0.000691. The fraction of sp³-hybridized carbons (Fsp3) is 0.278. The number of anilines is 1. The maximum absolute atomic E-state index is 12.0. The Hall–Kier alpha value is -2.89. The molecule has 0 saturated heterocycles. The predicted molar refractivity (Wildman–Crippen MR) is 89.3 cm³/mol. The third-order valence-corrected chi connectivity index (χ3v) is 3.44. The summed E-state index contributed by atoms with van der Waals surface area (Å²) in [6.45, 7) is 4.03. The van der Waals surface area contributed by atoms with Crippen LogP contribution in [0.3, 0.4) is 0 Å². The molecule has 0 aliphatic carbocycles. The third kappa shape index (κ3) is 3.90. The monoisotopic (exact) mass is 325 g/mol. The Morgan fingerprint density at radius 1 is 1.21 bits per heavy atom. The molecule has 0 bridgehead atoms. The molecular weight excluding hydrogens is 306 g/mol. The van der Waals surface area contributed by atoms with Gasteiger partial charge in [0.05, 0.1) is 12.7 Å². The first-order chi connectivity index (χ1) is 11.6. The standard InChI is InChI=1S/C18H19N3O3/c1-12(2)10-16(22)19-14-7-4-3-6-13(14)11-17-20-18(21-24-17)15-8-5-9-23-15/h3-9,12H,10-11H2,1-2H3,(H,19,22). The molecule has 0 atom stereocenters. The number of amides is 1. The number of nitrogens with zero attached hydrogens (tertiary/aromatic N) is 2. The molecule has 0 spiro atoms. The molecule has 2 aromatic heterocycles. The second-order valence-corrected chi connectivity index (χ2v) is 5.97. The van der Waals surface area contributed by atoms with E-state index in [1.165, 1.54) is 0 Å². The molecule has 0 unspecified atom stereocenters. The lowest BCUT2D eigenvalue weighted by atomic mass is 10.1. The topological polar surface area (TPSA) is 81.2 Å². The second kappa shape index (κ2) is 7.12. The summed E-state index contributed by atoms with van der Waals surface area (Å²) < 4.78 is 10.5. The van der Waals surface area contributed by atoms with Crippen molar-refractivity contribution in [2.75, 3.05) is 5.32 Å². The Balaban J connectivity index is 1.75. The molecule has 1 aromatic carbocycles. The van der Waals surface area contributed by atoms with Crippen molar-refractivity contribution in [1.82, 2.24) is 10.1 Å². The van der Waals surface area contributed by atoms with E-state index in [1.54, 1.807) is 18.4 Å². The lowest BCUT2D eigenvalue weighted by molar-refractivity contribution is -0.116. The van der Waals surface area contributed by atoms with Gasteiger partial charge in [0.25, 0.3) is 0 Å². The van der Waals surface area contributed by atoms with E-state index < -0.39 is 0 Å². The molecule has 0 fully saturated rings. The largest absolute Gasteiger partial charge is 0.461 e. The van der Waals surface area contributed by atoms with E-state index >= 15 is 0 Å². The van der Waals surface area contributed by atoms with Crippen LogP contribution in [0.15, 0.2) is 51.6 Å². The average Bonchev–Trinajstić information content (AvgIpc) is 3.19. The van der Waals surface area contributed by atoms with Crippen molar-refractivity contribution >= 4 is 11.6 Å². The van der Waals surface area contributed by atoms with Crippen molar-refractivity contribution in [3.63, 3.8) is 0 Å². The number of carbonyl (C=O) groups excluding carboxylic acids is 1. The van der Waals surface area contributed by atoms with Crippen LogP contribution in [0.2, 0.25) is 0 Å². The Bertz CT molecular complexity index is 807. The quantitative estimate of drug-likeness (QED) is 0.743. The Morgan fingerprint density at radius 3 is 2.79 bits per heavy atom. The third-order valence-electron chi connectivity index (χ3n) is 3.44. The number of benzene rings is 1. The van der Waals surface area contributed by atoms with E-state index in [9.17, 15) is 4.79 Å². The van der Waals surface area contributed by atoms with Crippen LogP contribution in [0.4, 0.5) is 5.69 Å². The molecule has 0 saturated carbocycles. The van der Waals surface area contributed by atoms with E-state index in [0.717, 1.165) is 11.3 Å². The van der Waals surface area contributed by atoms with Gasteiger partial charge < -0.3 is 14.3 Å². The van der Waals surface area contributed by atoms with Crippen LogP contribution in [0.5, 0.6) is 0 Å². The van der Waals surface area contributed by atoms with E-state index in [1.807, 2.05) is 38.1 Å². The summed E-state index contributed by atoms with van der Waals surface area (Å²) in [5.41, 5.74) is 1.69. The number of furan rings is 1. The van der Waals surface area contributed by atoms with Crippen molar-refractivity contribution in [3.8, 4) is 11.6 Å². The zero-order chi connectivity index (χ0) is 16.9. The van der Waals surface area contributed by atoms with Crippen LogP contribution < -0.4 is 5.32 Å². The van der Waals surface area contributed by atoms with Crippen molar-refractivity contribution in [2.45, 2.75) is 26.7 Å². The molecule has 6 nitrogen and oxygen atoms in total. The fourth-order valence-electron chi connectivity index (χ4n) is 2.36. The summed E-state index contributed by atoms with van der Waals surface area (Å²) in [6, 6.07) is 11.1. The second-order valence-electron chi connectivity index (χ2n) is 5.97. The number of nitrogens with one attached hydrogen (secondary N) is 1. The highest BCUT2D eigenvalue weighted by molar-refractivity contribution is 5.91. The van der Waals surface area contributed by atoms with E-state index in [4.69, 9.17) is 8.94 Å². The molecule has 24 heavy (non-hydrogen) atoms. The number of carbonyl (C=O) groups is 1. The van der Waals surface area contributed by atoms with E-state index in [2.05, 4.69) is 15.5 Å². The highest BCUT2D eigenvalue weighted by Crippen LogP contribution is 2.21. The first kappa shape index (κ1) is 16.0. The summed E-state index contributed by atoms with van der Waals surface area (Å²) in [5, 5.41) is 6.87. The van der Waals surface area contributed by atoms with E-state index in [0.29, 0.717) is 36.2 Å². The van der Waals surface area contributed by atoms with Crippen LogP contribution in [0.1, 0.15) is 31.7 Å². The normalized spacial score (nSPS) is 11.0. The fourth-order valence-corrected chi connectivity index (χ4v) is 2.36. The number of hydrogen-bond donors (Lipinski definition) is 1. The van der Waals surface area contributed by atoms with Gasteiger partial charge in [0, 0.05) is 12.1 Å². The molecule has 6 heteroatoms. The molecule has 1 amide bonds. The first-order valence-electron chi connectivity index (χ1n) is 7.86. The zero-order valence-electron chi connectivity index (χ0n) is 13.7. The molecule has 124 valence electrons. The minimum Gasteiger partial charge on any atom is -0.461 e. The van der Waals surface area contributed by atoms with Crippen molar-refractivity contribution in [2.24, 2.45) is 5.92 Å². The number of rotatable bonds is 6. The van der Waals surface area contributed by atoms with Crippen LogP contribution >= 0.6 is 0 Å². The SMILES string of the molecule is CC(C)CC(=O)Nc1ccccc1Cc1nc(-c2ccco2)no1. The van der Waals surface area contributed by atoms with Crippen LogP contribution in [-0.4, -0.2) is 16.0 Å². The molecule has 0 aliphatic heterocycles. The van der Waals surface area contributed by atoms with Crippen LogP contribution in [0, 0.1) is 5.92 Å². The highest BCUT2D eigenvalue weighted by Gasteiger charge is 2.14. The summed E-state index contributed by atoms with van der Waals surface area (Å²) in [7, 11) is 0. The summed E-state index contributed by atoms with van der Waals surface area (Å²) in [5.74, 6) is 1.75. The van der Waals surface area contributed by atoms with Crippen molar-refractivity contribution in [3.05, 3.63) is 54.1 Å². The van der Waals surface area contributed by atoms with Gasteiger partial charge in [-0.1, -0.05) is 37.2 Å². The molecule has 3 rings (SSSR count). The van der Waals surface area contributed by atoms with Gasteiger partial charge in [-0.05, 0) is 29.7 Å². The smallest absolute Gasteiger partial charge is 0.238 e. The molecule has 1 N–H and O–H groups in total. The molecule has 2 heterocycles. The lowest BCUT2D eigenvalue weighted by Gasteiger charge is -2.10. The predicted octanol–water partition coefficient (Wildman–Crippen LogP) is 3.91. The van der Waals surface area contributed by atoms with Crippen molar-refractivity contribution in [1.29, 1.82) is 0 Å². The molecular formula is C18H19N3O3. The summed E-state index contributed by atoms with van der Waals surface area (Å²) in [4.78, 5) is 16.3. The highest BCUT2D eigenvalue weighted by atomic mass is 16.5. The van der Waals surface area contributed by atoms with Gasteiger partial charge in [-0.3, -0.25) is 4.79 Å². The maximum Gasteiger partial charge on any atom is 0.238 e. The number of aromatic nitrogens is 2. The number of hydrogen-bond acceptors (Lipinski definition) is 5. The van der Waals surface area contributed by atoms with Gasteiger partial charge >= 0.3 is 0 Å². The van der Waals surface area contributed by atoms with Gasteiger partial charge in [-0.2, -0.15) is 4.98 Å². The number of para-hydroxylation sites is 1. The Labute approximate surface area is 139 Å². The lowest BCUT2D eigenvalue weighted by Crippen LogP contribution is -2.15. The van der Waals surface area contributed by atoms with Crippen LogP contribution in [0.25, 0.3) is 11.6 Å². The van der Waals surface area contributed by atoms with Gasteiger partial charge in [-0.15, -0.1) is 0 Å². The molecule has 0 radical (unpaired) electrons.